The van der Waals surface area contributed by atoms with Gasteiger partial charge in [0, 0.05) is 29.8 Å². The predicted molar refractivity (Wildman–Crippen MR) is 109 cm³/mol. The minimum atomic E-state index is -0.706. The lowest BCUT2D eigenvalue weighted by Crippen LogP contribution is -2.50. The summed E-state index contributed by atoms with van der Waals surface area (Å²) in [7, 11) is 0. The lowest BCUT2D eigenvalue weighted by atomic mass is 9.98. The number of nitrogens with one attached hydrogen (secondary N) is 2. The number of amides is 2. The van der Waals surface area contributed by atoms with E-state index in [0.29, 0.717) is 23.9 Å². The van der Waals surface area contributed by atoms with Gasteiger partial charge in [0.25, 0.3) is 0 Å². The van der Waals surface area contributed by atoms with Crippen LogP contribution in [0.1, 0.15) is 18.5 Å². The summed E-state index contributed by atoms with van der Waals surface area (Å²) in [5, 5.41) is 6.00. The third-order valence-electron chi connectivity index (χ3n) is 4.72. The van der Waals surface area contributed by atoms with Gasteiger partial charge in [-0.05, 0) is 36.8 Å². The number of rotatable bonds is 5. The number of hydrogen-bond donors (Lipinski definition) is 2. The van der Waals surface area contributed by atoms with E-state index in [1.54, 1.807) is 24.3 Å². The van der Waals surface area contributed by atoms with Crippen LogP contribution in [0.4, 0.5) is 5.69 Å². The highest BCUT2D eigenvalue weighted by Gasteiger charge is 2.29. The van der Waals surface area contributed by atoms with Crippen molar-refractivity contribution in [1.82, 2.24) is 10.2 Å². The van der Waals surface area contributed by atoms with Gasteiger partial charge >= 0.3 is 11.8 Å². The van der Waals surface area contributed by atoms with E-state index in [4.69, 9.17) is 16.3 Å². The van der Waals surface area contributed by atoms with Gasteiger partial charge in [0.1, 0.15) is 0 Å². The van der Waals surface area contributed by atoms with Crippen LogP contribution in [0.3, 0.4) is 0 Å². The molecule has 0 spiro atoms. The molecule has 0 aromatic heterocycles. The van der Waals surface area contributed by atoms with Gasteiger partial charge in [0.05, 0.1) is 19.3 Å². The van der Waals surface area contributed by atoms with E-state index in [1.165, 1.54) is 0 Å². The van der Waals surface area contributed by atoms with Gasteiger partial charge in [-0.15, -0.1) is 0 Å². The molecular formula is C21H24ClN3O3. The molecule has 2 aromatic carbocycles. The van der Waals surface area contributed by atoms with Crippen LogP contribution in [0.2, 0.25) is 5.02 Å². The van der Waals surface area contributed by atoms with Crippen molar-refractivity contribution in [2.45, 2.75) is 19.0 Å². The van der Waals surface area contributed by atoms with Crippen LogP contribution in [0.15, 0.2) is 54.6 Å². The summed E-state index contributed by atoms with van der Waals surface area (Å²) >= 11 is 5.84. The summed E-state index contributed by atoms with van der Waals surface area (Å²) in [4.78, 5) is 27.0. The molecule has 2 N–H and O–H groups in total. The minimum Gasteiger partial charge on any atom is -0.379 e. The highest BCUT2D eigenvalue weighted by Crippen LogP contribution is 2.25. The number of carbonyl (C=O) groups is 2. The Hall–Kier alpha value is -2.41. The number of morpholine rings is 1. The summed E-state index contributed by atoms with van der Waals surface area (Å²) in [5.41, 5.74) is 1.61. The Morgan fingerprint density at radius 2 is 1.64 bits per heavy atom. The van der Waals surface area contributed by atoms with Crippen molar-refractivity contribution >= 4 is 29.1 Å². The molecule has 1 aliphatic heterocycles. The second-order valence-electron chi connectivity index (χ2n) is 6.73. The van der Waals surface area contributed by atoms with E-state index in [-0.39, 0.29) is 12.1 Å². The topological polar surface area (TPSA) is 70.7 Å². The van der Waals surface area contributed by atoms with Gasteiger partial charge in [-0.1, -0.05) is 41.9 Å². The molecule has 1 heterocycles. The molecule has 2 atom stereocenters. The first-order valence-corrected chi connectivity index (χ1v) is 9.66. The number of ether oxygens (including phenoxy) is 1. The van der Waals surface area contributed by atoms with Crippen LogP contribution in [-0.4, -0.2) is 49.1 Å². The summed E-state index contributed by atoms with van der Waals surface area (Å²) in [6.07, 6.45) is 0. The SMILES string of the molecule is C[C@@H](NC(=O)C(=O)Nc1ccc(Cl)cc1)[C@H](c1ccccc1)N1CCOCC1. The highest BCUT2D eigenvalue weighted by molar-refractivity contribution is 6.39. The molecule has 28 heavy (non-hydrogen) atoms. The molecule has 1 aliphatic rings. The minimum absolute atomic E-state index is 0.0441. The lowest BCUT2D eigenvalue weighted by molar-refractivity contribution is -0.137. The largest absolute Gasteiger partial charge is 0.379 e. The molecule has 0 aliphatic carbocycles. The average Bonchev–Trinajstić information content (AvgIpc) is 2.71. The summed E-state index contributed by atoms with van der Waals surface area (Å²) < 4.78 is 5.46. The average molecular weight is 402 g/mol. The second-order valence-corrected chi connectivity index (χ2v) is 7.16. The third-order valence-corrected chi connectivity index (χ3v) is 4.97. The molecule has 1 saturated heterocycles. The fourth-order valence-electron chi connectivity index (χ4n) is 3.39. The second kappa shape index (κ2) is 9.68. The summed E-state index contributed by atoms with van der Waals surface area (Å²) in [6.45, 7) is 4.77. The monoisotopic (exact) mass is 401 g/mol. The molecule has 0 radical (unpaired) electrons. The van der Waals surface area contributed by atoms with Gasteiger partial charge in [-0.3, -0.25) is 14.5 Å². The first-order valence-electron chi connectivity index (χ1n) is 9.29. The Bertz CT molecular complexity index is 792. The van der Waals surface area contributed by atoms with Crippen molar-refractivity contribution in [3.63, 3.8) is 0 Å². The Labute approximate surface area is 169 Å². The summed E-state index contributed by atoms with van der Waals surface area (Å²) in [5.74, 6) is -1.38. The van der Waals surface area contributed by atoms with Crippen molar-refractivity contribution in [1.29, 1.82) is 0 Å². The molecule has 2 amide bonds. The van der Waals surface area contributed by atoms with Crippen molar-refractivity contribution in [2.75, 3.05) is 31.6 Å². The maximum atomic E-state index is 12.5. The Balaban J connectivity index is 1.68. The number of halogens is 1. The van der Waals surface area contributed by atoms with E-state index in [1.807, 2.05) is 37.3 Å². The zero-order valence-electron chi connectivity index (χ0n) is 15.7. The van der Waals surface area contributed by atoms with Gasteiger partial charge < -0.3 is 15.4 Å². The van der Waals surface area contributed by atoms with Gasteiger partial charge in [-0.2, -0.15) is 0 Å². The molecular weight excluding hydrogens is 378 g/mol. The molecule has 0 saturated carbocycles. The number of anilines is 1. The quantitative estimate of drug-likeness (QED) is 0.756. The van der Waals surface area contributed by atoms with E-state index < -0.39 is 11.8 Å². The predicted octanol–water partition coefficient (Wildman–Crippen LogP) is 2.86. The maximum Gasteiger partial charge on any atom is 0.313 e. The molecule has 3 rings (SSSR count). The highest BCUT2D eigenvalue weighted by atomic mass is 35.5. The fraction of sp³-hybridized carbons (Fsp3) is 0.333. The van der Waals surface area contributed by atoms with Crippen molar-refractivity contribution in [2.24, 2.45) is 0 Å². The number of carbonyl (C=O) groups excluding carboxylic acids is 2. The first kappa shape index (κ1) is 20.3. The van der Waals surface area contributed by atoms with Crippen molar-refractivity contribution in [3.8, 4) is 0 Å². The van der Waals surface area contributed by atoms with Crippen molar-refractivity contribution < 1.29 is 14.3 Å². The molecule has 148 valence electrons. The Morgan fingerprint density at radius 1 is 1.00 bits per heavy atom. The molecule has 1 fully saturated rings. The van der Waals surface area contributed by atoms with E-state index in [9.17, 15) is 9.59 Å². The van der Waals surface area contributed by atoms with Gasteiger partial charge in [0.15, 0.2) is 0 Å². The number of nitrogens with zero attached hydrogens (tertiary/aromatic N) is 1. The van der Waals surface area contributed by atoms with Crippen LogP contribution in [0.25, 0.3) is 0 Å². The van der Waals surface area contributed by atoms with E-state index in [2.05, 4.69) is 15.5 Å². The standard InChI is InChI=1S/C21H24ClN3O3/c1-15(23-20(26)21(27)24-18-9-7-17(22)8-10-18)19(16-5-3-2-4-6-16)25-11-13-28-14-12-25/h2-10,15,19H,11-14H2,1H3,(H,23,26)(H,24,27)/t15-,19-/m1/s1. The zero-order valence-corrected chi connectivity index (χ0v) is 16.5. The van der Waals surface area contributed by atoms with Crippen LogP contribution in [-0.2, 0) is 14.3 Å². The van der Waals surface area contributed by atoms with Crippen LogP contribution >= 0.6 is 11.6 Å². The molecule has 7 heteroatoms. The van der Waals surface area contributed by atoms with Crippen LogP contribution in [0, 0.1) is 0 Å². The maximum absolute atomic E-state index is 12.5. The molecule has 0 bridgehead atoms. The molecule has 2 aromatic rings. The van der Waals surface area contributed by atoms with Crippen molar-refractivity contribution in [3.05, 3.63) is 65.2 Å². The van der Waals surface area contributed by atoms with Gasteiger partial charge in [-0.25, -0.2) is 0 Å². The Kier molecular flexibility index (Phi) is 7.03. The zero-order chi connectivity index (χ0) is 19.9. The van der Waals surface area contributed by atoms with Crippen LogP contribution < -0.4 is 10.6 Å². The summed E-state index contributed by atoms with van der Waals surface area (Å²) in [6, 6.07) is 16.3. The lowest BCUT2D eigenvalue weighted by Gasteiger charge is -2.38. The normalized spacial score (nSPS) is 16.8. The van der Waals surface area contributed by atoms with E-state index in [0.717, 1.165) is 18.7 Å². The van der Waals surface area contributed by atoms with E-state index >= 15 is 0 Å². The number of benzene rings is 2. The fourth-order valence-corrected chi connectivity index (χ4v) is 3.52. The van der Waals surface area contributed by atoms with Crippen LogP contribution in [0.5, 0.6) is 0 Å². The van der Waals surface area contributed by atoms with Gasteiger partial charge in [0.2, 0.25) is 0 Å². The Morgan fingerprint density at radius 3 is 2.29 bits per heavy atom. The number of hydrogen-bond acceptors (Lipinski definition) is 4. The third kappa shape index (κ3) is 5.32. The smallest absolute Gasteiger partial charge is 0.313 e. The molecule has 6 nitrogen and oxygen atoms in total. The first-order chi connectivity index (χ1) is 13.5. The molecule has 0 unspecified atom stereocenters.